The summed E-state index contributed by atoms with van der Waals surface area (Å²) in [5.41, 5.74) is 0. The van der Waals surface area contributed by atoms with Gasteiger partial charge in [0.1, 0.15) is 0 Å². The molecule has 0 aromatic heterocycles. The van der Waals surface area contributed by atoms with Crippen molar-refractivity contribution in [3.63, 3.8) is 0 Å². The van der Waals surface area contributed by atoms with Crippen molar-refractivity contribution in [3.05, 3.63) is 24.3 Å². The molecule has 0 spiro atoms. The molecular weight excluding hydrogens is 108 g/mol. The van der Waals surface area contributed by atoms with Crippen LogP contribution in [0.3, 0.4) is 0 Å². The summed E-state index contributed by atoms with van der Waals surface area (Å²) in [5.74, 6) is 0. The summed E-state index contributed by atoms with van der Waals surface area (Å²) < 4.78 is 0. The van der Waals surface area contributed by atoms with Crippen LogP contribution >= 0.6 is 0 Å². The smallest absolute Gasteiger partial charge is 0.0230 e. The summed E-state index contributed by atoms with van der Waals surface area (Å²) in [4.78, 5) is 0. The van der Waals surface area contributed by atoms with Crippen molar-refractivity contribution in [1.82, 2.24) is 0 Å². The van der Waals surface area contributed by atoms with Gasteiger partial charge in [0.15, 0.2) is 0 Å². The first-order valence-electron chi connectivity index (χ1n) is 3.64. The summed E-state index contributed by atoms with van der Waals surface area (Å²) in [6.45, 7) is 4.29. The molecule has 1 radical (unpaired) electrons. The molecule has 0 N–H and O–H groups in total. The van der Waals surface area contributed by atoms with Gasteiger partial charge in [0.2, 0.25) is 0 Å². The number of hydrogen-bond donors (Lipinski definition) is 0. The molecule has 9 heavy (non-hydrogen) atoms. The van der Waals surface area contributed by atoms with E-state index in [0.29, 0.717) is 0 Å². The molecule has 0 aliphatic carbocycles. The zero-order chi connectivity index (χ0) is 6.95. The van der Waals surface area contributed by atoms with Gasteiger partial charge in [-0.1, -0.05) is 38.5 Å². The van der Waals surface area contributed by atoms with E-state index in [-0.39, 0.29) is 0 Å². The third kappa shape index (κ3) is 7.48. The van der Waals surface area contributed by atoms with Gasteiger partial charge in [-0.3, -0.25) is 0 Å². The van der Waals surface area contributed by atoms with Crippen LogP contribution < -0.4 is 0 Å². The Morgan fingerprint density at radius 1 is 1.33 bits per heavy atom. The van der Waals surface area contributed by atoms with Crippen LogP contribution in [-0.4, -0.2) is 0 Å². The van der Waals surface area contributed by atoms with E-state index in [0.717, 1.165) is 12.8 Å². The van der Waals surface area contributed by atoms with Crippen LogP contribution in [0.15, 0.2) is 18.2 Å². The lowest BCUT2D eigenvalue weighted by Gasteiger charge is -1.78. The van der Waals surface area contributed by atoms with E-state index >= 15 is 0 Å². The summed E-state index contributed by atoms with van der Waals surface area (Å²) in [5, 5.41) is 0. The van der Waals surface area contributed by atoms with Crippen LogP contribution in [0.1, 0.15) is 33.1 Å². The average Bonchev–Trinajstić information content (AvgIpc) is 1.89. The van der Waals surface area contributed by atoms with Gasteiger partial charge in [-0.15, -0.1) is 0 Å². The van der Waals surface area contributed by atoms with Gasteiger partial charge in [0.25, 0.3) is 0 Å². The average molecular weight is 123 g/mol. The normalized spacial score (nSPS) is 11.8. The lowest BCUT2D eigenvalue weighted by Crippen LogP contribution is -1.59. The number of unbranched alkanes of at least 4 members (excludes halogenated alkanes) is 1. The molecule has 0 fully saturated rings. The van der Waals surface area contributed by atoms with Crippen LogP contribution in [0.25, 0.3) is 0 Å². The van der Waals surface area contributed by atoms with E-state index in [1.54, 1.807) is 0 Å². The van der Waals surface area contributed by atoms with Crippen LogP contribution in [0, 0.1) is 6.08 Å². The molecule has 0 aromatic rings. The minimum absolute atomic E-state index is 1.10. The third-order valence-electron chi connectivity index (χ3n) is 1.00. The van der Waals surface area contributed by atoms with Crippen LogP contribution in [0.4, 0.5) is 0 Å². The maximum atomic E-state index is 3.08. The standard InChI is InChI=1S/C9H15/c1-3-5-7-9-8-6-4-2/h5,7-8H,3-4,6H2,1-2H3. The molecular formula is C9H15. The second-order valence-corrected chi connectivity index (χ2v) is 1.97. The van der Waals surface area contributed by atoms with Crippen LogP contribution in [0.5, 0.6) is 0 Å². The fraction of sp³-hybridized carbons (Fsp3) is 0.556. The zero-order valence-corrected chi connectivity index (χ0v) is 6.35. The number of rotatable bonds is 4. The minimum atomic E-state index is 1.10. The maximum absolute atomic E-state index is 3.08. The van der Waals surface area contributed by atoms with Crippen LogP contribution in [-0.2, 0) is 0 Å². The molecule has 0 atom stereocenters. The molecule has 0 aliphatic heterocycles. The first-order chi connectivity index (χ1) is 4.41. The summed E-state index contributed by atoms with van der Waals surface area (Å²) in [6, 6.07) is 0. The van der Waals surface area contributed by atoms with E-state index in [2.05, 4.69) is 32.1 Å². The highest BCUT2D eigenvalue weighted by atomic mass is 13.7. The molecule has 0 heterocycles. The molecule has 0 saturated heterocycles. The largest absolute Gasteiger partial charge is 0.0842 e. The minimum Gasteiger partial charge on any atom is -0.0842 e. The fourth-order valence-electron chi connectivity index (χ4n) is 0.482. The van der Waals surface area contributed by atoms with Crippen molar-refractivity contribution in [3.8, 4) is 0 Å². The molecule has 0 rings (SSSR count). The highest BCUT2D eigenvalue weighted by Crippen LogP contribution is 1.88. The maximum Gasteiger partial charge on any atom is -0.0230 e. The van der Waals surface area contributed by atoms with Crippen LogP contribution in [0.2, 0.25) is 0 Å². The third-order valence-corrected chi connectivity index (χ3v) is 1.00. The summed E-state index contributed by atoms with van der Waals surface area (Å²) in [6.07, 6.45) is 12.7. The second-order valence-electron chi connectivity index (χ2n) is 1.97. The Morgan fingerprint density at radius 3 is 2.67 bits per heavy atom. The highest BCUT2D eigenvalue weighted by Gasteiger charge is 1.69. The predicted molar refractivity (Wildman–Crippen MR) is 42.2 cm³/mol. The van der Waals surface area contributed by atoms with E-state index in [1.807, 2.05) is 6.08 Å². The quantitative estimate of drug-likeness (QED) is 0.504. The van der Waals surface area contributed by atoms with Gasteiger partial charge in [0, 0.05) is 0 Å². The summed E-state index contributed by atoms with van der Waals surface area (Å²) >= 11 is 0. The van der Waals surface area contributed by atoms with E-state index in [4.69, 9.17) is 0 Å². The lowest BCUT2D eigenvalue weighted by molar-refractivity contribution is 0.956. The molecule has 0 aromatic carbocycles. The Morgan fingerprint density at radius 2 is 2.11 bits per heavy atom. The fourth-order valence-corrected chi connectivity index (χ4v) is 0.482. The topological polar surface area (TPSA) is 0 Å². The van der Waals surface area contributed by atoms with Gasteiger partial charge < -0.3 is 0 Å². The van der Waals surface area contributed by atoms with E-state index in [1.165, 1.54) is 6.42 Å². The van der Waals surface area contributed by atoms with Gasteiger partial charge in [-0.05, 0) is 18.9 Å². The van der Waals surface area contributed by atoms with Crippen molar-refractivity contribution < 1.29 is 0 Å². The Labute approximate surface area is 58.3 Å². The first-order valence-corrected chi connectivity index (χ1v) is 3.64. The van der Waals surface area contributed by atoms with Gasteiger partial charge in [0.05, 0.1) is 0 Å². The Hall–Kier alpha value is -0.520. The Bertz CT molecular complexity index is 88.2. The first kappa shape index (κ1) is 8.48. The van der Waals surface area contributed by atoms with Crippen molar-refractivity contribution in [2.75, 3.05) is 0 Å². The molecule has 0 unspecified atom stereocenters. The highest BCUT2D eigenvalue weighted by molar-refractivity contribution is 4.94. The SMILES string of the molecule is CCC=C/[C]=C/CCC. The van der Waals surface area contributed by atoms with Crippen molar-refractivity contribution in [2.24, 2.45) is 0 Å². The second kappa shape index (κ2) is 7.48. The lowest BCUT2D eigenvalue weighted by atomic mass is 10.3. The predicted octanol–water partition coefficient (Wildman–Crippen LogP) is 3.11. The van der Waals surface area contributed by atoms with Gasteiger partial charge in [-0.25, -0.2) is 0 Å². The molecule has 0 amide bonds. The molecule has 0 aliphatic rings. The molecule has 0 nitrogen and oxygen atoms in total. The number of hydrogen-bond acceptors (Lipinski definition) is 0. The van der Waals surface area contributed by atoms with E-state index < -0.39 is 0 Å². The van der Waals surface area contributed by atoms with Crippen molar-refractivity contribution in [1.29, 1.82) is 0 Å². The molecule has 0 heteroatoms. The van der Waals surface area contributed by atoms with Crippen molar-refractivity contribution in [2.45, 2.75) is 33.1 Å². The zero-order valence-electron chi connectivity index (χ0n) is 6.35. The van der Waals surface area contributed by atoms with E-state index in [9.17, 15) is 0 Å². The molecule has 0 bridgehead atoms. The summed E-state index contributed by atoms with van der Waals surface area (Å²) in [7, 11) is 0. The molecule has 51 valence electrons. The van der Waals surface area contributed by atoms with Gasteiger partial charge in [-0.2, -0.15) is 0 Å². The Kier molecular flexibility index (Phi) is 7.05. The Balaban J connectivity index is 3.13. The van der Waals surface area contributed by atoms with Crippen molar-refractivity contribution >= 4 is 0 Å². The van der Waals surface area contributed by atoms with Gasteiger partial charge >= 0.3 is 0 Å². The molecule has 0 saturated carbocycles. The monoisotopic (exact) mass is 123 g/mol. The number of allylic oxidation sites excluding steroid dienone is 4.